The Morgan fingerprint density at radius 1 is 1.83 bits per heavy atom. The summed E-state index contributed by atoms with van der Waals surface area (Å²) < 4.78 is 6.14. The zero-order valence-electron chi connectivity index (χ0n) is 3.43. The molecule has 0 saturated heterocycles. The molecule has 1 aliphatic rings. The van der Waals surface area contributed by atoms with Crippen molar-refractivity contribution in [3.05, 3.63) is 12.4 Å². The Balaban J connectivity index is 2.60. The third-order valence-corrected chi connectivity index (χ3v) is 2.06. The Bertz CT molecular complexity index is 85.0. The summed E-state index contributed by atoms with van der Waals surface area (Å²) >= 11 is 0.0267. The van der Waals surface area contributed by atoms with Crippen LogP contribution in [0.5, 0.6) is 0 Å². The molecule has 0 spiro atoms. The van der Waals surface area contributed by atoms with Crippen LogP contribution in [0, 0.1) is 0 Å². The lowest BCUT2D eigenvalue weighted by molar-refractivity contribution is 0.838. The van der Waals surface area contributed by atoms with E-state index >= 15 is 0 Å². The van der Waals surface area contributed by atoms with Crippen LogP contribution in [0.25, 0.3) is 0 Å². The van der Waals surface area contributed by atoms with E-state index in [1.54, 1.807) is 0 Å². The summed E-state index contributed by atoms with van der Waals surface area (Å²) in [5.74, 6) is 0. The van der Waals surface area contributed by atoms with Crippen molar-refractivity contribution in [2.24, 2.45) is 3.15 Å². The van der Waals surface area contributed by atoms with Gasteiger partial charge in [-0.1, -0.05) is 0 Å². The van der Waals surface area contributed by atoms with E-state index in [0.29, 0.717) is 0 Å². The molecule has 0 aromatic heterocycles. The van der Waals surface area contributed by atoms with E-state index in [0.717, 1.165) is 0 Å². The molecule has 1 aliphatic heterocycles. The molecule has 0 atom stereocenters. The number of halogens is 1. The molecule has 0 aliphatic carbocycles. The average Bonchev–Trinajstić information content (AvgIpc) is 1.86. The van der Waals surface area contributed by atoms with Crippen LogP contribution >= 0.6 is 21.3 Å². The van der Waals surface area contributed by atoms with Crippen LogP contribution in [0.2, 0.25) is 0 Å². The number of nitrogens with zero attached hydrogens (tertiary/aromatic N) is 2. The first kappa shape index (κ1) is 4.23. The molecule has 0 unspecified atom stereocenters. The van der Waals surface area contributed by atoms with Gasteiger partial charge in [-0.25, -0.2) is 3.15 Å². The highest BCUT2D eigenvalue weighted by molar-refractivity contribution is 14.1. The van der Waals surface area contributed by atoms with Gasteiger partial charge in [-0.15, -0.1) is 0 Å². The van der Waals surface area contributed by atoms with E-state index in [1.165, 1.54) is 0 Å². The first-order valence-corrected chi connectivity index (χ1v) is 3.56. The highest BCUT2D eigenvalue weighted by Gasteiger charge is 1.85. The van der Waals surface area contributed by atoms with Gasteiger partial charge in [0.25, 0.3) is 0 Å². The van der Waals surface area contributed by atoms with Gasteiger partial charge in [0.2, 0.25) is 0 Å². The molecule has 0 bridgehead atoms. The van der Waals surface area contributed by atoms with Gasteiger partial charge in [-0.2, -0.15) is 0 Å². The molecule has 1 rings (SSSR count). The second-order valence-electron chi connectivity index (χ2n) is 0.996. The maximum Gasteiger partial charge on any atom is 0.120 e. The number of hydrogen-bond donors (Lipinski definition) is 0. The van der Waals surface area contributed by atoms with Crippen LogP contribution in [0.3, 0.4) is 0 Å². The standard InChI is InChI=1S/C3H5IN2/c1-6-3-2-5-4-6/h2-3H,1H3. The molecule has 0 saturated carbocycles. The SMILES string of the molecule is CN1C=CN=I1. The minimum Gasteiger partial charge on any atom is -0.314 e. The van der Waals surface area contributed by atoms with Gasteiger partial charge in [0.15, 0.2) is 0 Å². The molecule has 1 heterocycles. The lowest BCUT2D eigenvalue weighted by Crippen LogP contribution is -1.86. The molecule has 3 heteroatoms. The van der Waals surface area contributed by atoms with Gasteiger partial charge in [0, 0.05) is 13.2 Å². The van der Waals surface area contributed by atoms with E-state index in [4.69, 9.17) is 0 Å². The molecule has 0 radical (unpaired) electrons. The fourth-order valence-corrected chi connectivity index (χ4v) is 1.20. The van der Waals surface area contributed by atoms with Crippen LogP contribution < -0.4 is 0 Å². The number of rotatable bonds is 0. The predicted octanol–water partition coefficient (Wildman–Crippen LogP) is 1.47. The Hall–Kier alpha value is 0.0700. The largest absolute Gasteiger partial charge is 0.314 e. The van der Waals surface area contributed by atoms with Crippen molar-refractivity contribution < 1.29 is 0 Å². The van der Waals surface area contributed by atoms with Crippen LogP contribution in [0.15, 0.2) is 15.5 Å². The summed E-state index contributed by atoms with van der Waals surface area (Å²) in [7, 11) is 2.04. The summed E-state index contributed by atoms with van der Waals surface area (Å²) in [5, 5.41) is 0. The van der Waals surface area contributed by atoms with Gasteiger partial charge in [-0.3, -0.25) is 0 Å². The lowest BCUT2D eigenvalue weighted by Gasteiger charge is -1.92. The molecule has 0 aromatic carbocycles. The van der Waals surface area contributed by atoms with Crippen LogP contribution in [0.1, 0.15) is 0 Å². The van der Waals surface area contributed by atoms with Crippen molar-refractivity contribution in [2.75, 3.05) is 7.05 Å². The smallest absolute Gasteiger partial charge is 0.120 e. The van der Waals surface area contributed by atoms with Gasteiger partial charge in [0.1, 0.15) is 21.3 Å². The second-order valence-corrected chi connectivity index (χ2v) is 3.51. The number of hydrogen-bond acceptors (Lipinski definition) is 2. The van der Waals surface area contributed by atoms with Crippen LogP contribution in [-0.2, 0) is 0 Å². The summed E-state index contributed by atoms with van der Waals surface area (Å²) in [4.78, 5) is 0. The molecule has 0 aromatic rings. The molecule has 0 fully saturated rings. The third-order valence-electron chi connectivity index (χ3n) is 0.491. The zero-order valence-corrected chi connectivity index (χ0v) is 5.58. The monoisotopic (exact) mass is 196 g/mol. The minimum absolute atomic E-state index is 0.0267. The van der Waals surface area contributed by atoms with Gasteiger partial charge < -0.3 is 3.11 Å². The molecule has 6 heavy (non-hydrogen) atoms. The zero-order chi connectivity index (χ0) is 4.41. The van der Waals surface area contributed by atoms with Gasteiger partial charge in [-0.05, 0) is 0 Å². The first-order chi connectivity index (χ1) is 2.89. The molecule has 34 valence electrons. The minimum atomic E-state index is 0.0267. The fraction of sp³-hybridized carbons (Fsp3) is 0.333. The first-order valence-electron chi connectivity index (χ1n) is 1.64. The highest BCUT2D eigenvalue weighted by Crippen LogP contribution is 2.13. The van der Waals surface area contributed by atoms with E-state index < -0.39 is 0 Å². The highest BCUT2D eigenvalue weighted by atomic mass is 127. The maximum absolute atomic E-state index is 4.02. The van der Waals surface area contributed by atoms with Crippen LogP contribution in [0.4, 0.5) is 0 Å². The van der Waals surface area contributed by atoms with E-state index in [1.807, 2.05) is 19.4 Å². The Kier molecular flexibility index (Phi) is 1.19. The normalized spacial score (nSPS) is 18.5. The van der Waals surface area contributed by atoms with Crippen molar-refractivity contribution in [3.63, 3.8) is 0 Å². The molecular weight excluding hydrogens is 191 g/mol. The topological polar surface area (TPSA) is 15.6 Å². The molecule has 2 nitrogen and oxygen atoms in total. The Labute approximate surface area is 47.4 Å². The van der Waals surface area contributed by atoms with Gasteiger partial charge >= 0.3 is 0 Å². The Morgan fingerprint density at radius 3 is 2.83 bits per heavy atom. The van der Waals surface area contributed by atoms with Crippen molar-refractivity contribution in [1.82, 2.24) is 3.11 Å². The molecule has 0 amide bonds. The van der Waals surface area contributed by atoms with Crippen molar-refractivity contribution >= 4 is 21.3 Å². The van der Waals surface area contributed by atoms with Gasteiger partial charge in [0.05, 0.1) is 6.20 Å². The summed E-state index contributed by atoms with van der Waals surface area (Å²) in [6, 6.07) is 0. The van der Waals surface area contributed by atoms with E-state index in [9.17, 15) is 0 Å². The summed E-state index contributed by atoms with van der Waals surface area (Å²) in [5.41, 5.74) is 0. The van der Waals surface area contributed by atoms with Crippen molar-refractivity contribution in [3.8, 4) is 0 Å². The molecule has 0 N–H and O–H groups in total. The maximum atomic E-state index is 4.02. The van der Waals surface area contributed by atoms with Crippen LogP contribution in [-0.4, -0.2) is 10.2 Å². The average molecular weight is 196 g/mol. The lowest BCUT2D eigenvalue weighted by atomic mass is 10.9. The second kappa shape index (κ2) is 1.68. The third kappa shape index (κ3) is 0.767. The van der Waals surface area contributed by atoms with Crippen molar-refractivity contribution in [1.29, 1.82) is 0 Å². The van der Waals surface area contributed by atoms with Crippen molar-refractivity contribution in [2.45, 2.75) is 0 Å². The molecular formula is C3H5IN2. The predicted molar refractivity (Wildman–Crippen MR) is 33.4 cm³/mol. The summed E-state index contributed by atoms with van der Waals surface area (Å²) in [6.07, 6.45) is 3.85. The van der Waals surface area contributed by atoms with E-state index in [-0.39, 0.29) is 21.3 Å². The fourth-order valence-electron chi connectivity index (χ4n) is 0.236. The van der Waals surface area contributed by atoms with E-state index in [2.05, 4.69) is 6.26 Å². The summed E-state index contributed by atoms with van der Waals surface area (Å²) in [6.45, 7) is 0. The quantitative estimate of drug-likeness (QED) is 0.423. The Morgan fingerprint density at radius 2 is 2.67 bits per heavy atom.